The Morgan fingerprint density at radius 1 is 1.27 bits per heavy atom. The highest BCUT2D eigenvalue weighted by Crippen LogP contribution is 2.08. The Bertz CT molecular complexity index is 291. The molecule has 11 heavy (non-hydrogen) atoms. The molecule has 0 aliphatic heterocycles. The maximum absolute atomic E-state index is 7.59. The van der Waals surface area contributed by atoms with Gasteiger partial charge in [0.1, 0.15) is 5.49 Å². The van der Waals surface area contributed by atoms with Crippen molar-refractivity contribution < 1.29 is 0 Å². The first-order valence-corrected chi connectivity index (χ1v) is 3.74. The van der Waals surface area contributed by atoms with Crippen LogP contribution in [0.2, 0.25) is 0 Å². The molecule has 0 aromatic carbocycles. The van der Waals surface area contributed by atoms with Gasteiger partial charge in [-0.15, -0.1) is 0 Å². The van der Waals surface area contributed by atoms with Crippen molar-refractivity contribution in [3.05, 3.63) is 29.9 Å². The van der Waals surface area contributed by atoms with Gasteiger partial charge < -0.3 is 4.57 Å². The number of hydrogen-bond acceptors (Lipinski definition) is 1. The van der Waals surface area contributed by atoms with E-state index in [-0.39, 0.29) is 5.54 Å². The van der Waals surface area contributed by atoms with E-state index in [1.54, 1.807) is 6.07 Å². The first-order chi connectivity index (χ1) is 5.02. The third kappa shape index (κ3) is 1.70. The highest BCUT2D eigenvalue weighted by Gasteiger charge is 2.10. The molecule has 0 bridgehead atoms. The molecule has 1 N–H and O–H groups in total. The van der Waals surface area contributed by atoms with Crippen molar-refractivity contribution in [2.45, 2.75) is 26.3 Å². The van der Waals surface area contributed by atoms with Gasteiger partial charge in [0.05, 0.1) is 0 Å². The van der Waals surface area contributed by atoms with E-state index in [4.69, 9.17) is 5.41 Å². The van der Waals surface area contributed by atoms with Crippen molar-refractivity contribution in [2.75, 3.05) is 0 Å². The topological polar surface area (TPSA) is 28.8 Å². The van der Waals surface area contributed by atoms with Crippen LogP contribution in [-0.2, 0) is 5.54 Å². The SMILES string of the molecule is CC(C)(C)n1ccccc1=N. The second-order valence-corrected chi connectivity index (χ2v) is 3.63. The zero-order valence-corrected chi connectivity index (χ0v) is 7.26. The summed E-state index contributed by atoms with van der Waals surface area (Å²) in [6.45, 7) is 6.26. The number of aromatic nitrogens is 1. The highest BCUT2D eigenvalue weighted by molar-refractivity contribution is 4.94. The lowest BCUT2D eigenvalue weighted by Gasteiger charge is -2.22. The van der Waals surface area contributed by atoms with Gasteiger partial charge in [0.15, 0.2) is 0 Å². The van der Waals surface area contributed by atoms with Crippen molar-refractivity contribution in [2.24, 2.45) is 0 Å². The standard InChI is InChI=1S/C9H14N2/c1-9(2,3)11-7-5-4-6-8(11)10/h4-7,10H,1-3H3. The average molecular weight is 150 g/mol. The third-order valence-electron chi connectivity index (χ3n) is 1.58. The monoisotopic (exact) mass is 150 g/mol. The third-order valence-corrected chi connectivity index (χ3v) is 1.58. The second-order valence-electron chi connectivity index (χ2n) is 3.63. The Balaban J connectivity index is 3.26. The van der Waals surface area contributed by atoms with E-state index in [0.717, 1.165) is 0 Å². The van der Waals surface area contributed by atoms with Gasteiger partial charge in [0, 0.05) is 11.7 Å². The van der Waals surface area contributed by atoms with Gasteiger partial charge in [-0.2, -0.15) is 0 Å². The lowest BCUT2D eigenvalue weighted by molar-refractivity contribution is 0.378. The van der Waals surface area contributed by atoms with Gasteiger partial charge in [-0.05, 0) is 32.9 Å². The number of nitrogens with one attached hydrogen (secondary N) is 1. The molecule has 0 aliphatic rings. The van der Waals surface area contributed by atoms with E-state index < -0.39 is 0 Å². The second kappa shape index (κ2) is 2.53. The van der Waals surface area contributed by atoms with Crippen LogP contribution in [0, 0.1) is 5.41 Å². The molecule has 0 spiro atoms. The summed E-state index contributed by atoms with van der Waals surface area (Å²) in [4.78, 5) is 0. The Morgan fingerprint density at radius 2 is 1.91 bits per heavy atom. The Hall–Kier alpha value is -1.05. The van der Waals surface area contributed by atoms with Crippen LogP contribution in [0.15, 0.2) is 24.4 Å². The molecule has 1 heterocycles. The lowest BCUT2D eigenvalue weighted by Crippen LogP contribution is -2.32. The normalized spacial score (nSPS) is 11.5. The van der Waals surface area contributed by atoms with Crippen LogP contribution >= 0.6 is 0 Å². The predicted octanol–water partition coefficient (Wildman–Crippen LogP) is 1.72. The van der Waals surface area contributed by atoms with Crippen molar-refractivity contribution in [3.8, 4) is 0 Å². The molecule has 0 fully saturated rings. The van der Waals surface area contributed by atoms with E-state index in [9.17, 15) is 0 Å². The van der Waals surface area contributed by atoms with Gasteiger partial charge in [-0.1, -0.05) is 6.07 Å². The molecule has 2 heteroatoms. The van der Waals surface area contributed by atoms with E-state index in [1.807, 2.05) is 22.9 Å². The van der Waals surface area contributed by atoms with Crippen LogP contribution < -0.4 is 5.49 Å². The minimum absolute atomic E-state index is 0.0122. The van der Waals surface area contributed by atoms with Gasteiger partial charge in [0.25, 0.3) is 0 Å². The molecule has 2 nitrogen and oxygen atoms in total. The summed E-state index contributed by atoms with van der Waals surface area (Å²) in [5, 5.41) is 7.59. The number of pyridine rings is 1. The largest absolute Gasteiger partial charge is 0.328 e. The molecular formula is C9H14N2. The van der Waals surface area contributed by atoms with Gasteiger partial charge >= 0.3 is 0 Å². The van der Waals surface area contributed by atoms with Crippen molar-refractivity contribution in [1.82, 2.24) is 4.57 Å². The summed E-state index contributed by atoms with van der Waals surface area (Å²) in [6.07, 6.45) is 1.93. The van der Waals surface area contributed by atoms with E-state index >= 15 is 0 Å². The van der Waals surface area contributed by atoms with Crippen LogP contribution in [-0.4, -0.2) is 4.57 Å². The molecular weight excluding hydrogens is 136 g/mol. The van der Waals surface area contributed by atoms with E-state index in [2.05, 4.69) is 20.8 Å². The maximum atomic E-state index is 7.59. The fourth-order valence-electron chi connectivity index (χ4n) is 1.03. The minimum atomic E-state index is 0.0122. The fraction of sp³-hybridized carbons (Fsp3) is 0.444. The summed E-state index contributed by atoms with van der Waals surface area (Å²) >= 11 is 0. The molecule has 0 radical (unpaired) electrons. The van der Waals surface area contributed by atoms with Gasteiger partial charge in [-0.25, -0.2) is 0 Å². The molecule has 0 amide bonds. The highest BCUT2D eigenvalue weighted by atomic mass is 15.0. The number of rotatable bonds is 0. The summed E-state index contributed by atoms with van der Waals surface area (Å²) in [7, 11) is 0. The number of nitrogens with zero attached hydrogens (tertiary/aromatic N) is 1. The van der Waals surface area contributed by atoms with Crippen molar-refractivity contribution >= 4 is 0 Å². The summed E-state index contributed by atoms with van der Waals surface area (Å²) in [5.74, 6) is 0. The Morgan fingerprint density at radius 3 is 2.27 bits per heavy atom. The molecule has 0 aliphatic carbocycles. The Labute approximate surface area is 67.0 Å². The van der Waals surface area contributed by atoms with Crippen molar-refractivity contribution in [1.29, 1.82) is 5.41 Å². The first kappa shape index (κ1) is 8.05. The van der Waals surface area contributed by atoms with Crippen LogP contribution in [0.1, 0.15) is 20.8 Å². The molecule has 0 saturated heterocycles. The molecule has 1 aromatic heterocycles. The van der Waals surface area contributed by atoms with Crippen molar-refractivity contribution in [3.63, 3.8) is 0 Å². The van der Waals surface area contributed by atoms with E-state index in [0.29, 0.717) is 5.49 Å². The van der Waals surface area contributed by atoms with Crippen LogP contribution in [0.4, 0.5) is 0 Å². The molecule has 60 valence electrons. The van der Waals surface area contributed by atoms with Crippen LogP contribution in [0.3, 0.4) is 0 Å². The van der Waals surface area contributed by atoms with E-state index in [1.165, 1.54) is 0 Å². The fourth-order valence-corrected chi connectivity index (χ4v) is 1.03. The number of hydrogen-bond donors (Lipinski definition) is 1. The average Bonchev–Trinajstić information content (AvgIpc) is 1.86. The molecule has 1 rings (SSSR count). The van der Waals surface area contributed by atoms with Crippen LogP contribution in [0.25, 0.3) is 0 Å². The predicted molar refractivity (Wildman–Crippen MR) is 45.3 cm³/mol. The summed E-state index contributed by atoms with van der Waals surface area (Å²) < 4.78 is 1.94. The zero-order chi connectivity index (χ0) is 8.48. The zero-order valence-electron chi connectivity index (χ0n) is 7.26. The summed E-state index contributed by atoms with van der Waals surface area (Å²) in [5.41, 5.74) is 0.568. The molecule has 0 atom stereocenters. The van der Waals surface area contributed by atoms with Gasteiger partial charge in [-0.3, -0.25) is 5.41 Å². The van der Waals surface area contributed by atoms with Crippen LogP contribution in [0.5, 0.6) is 0 Å². The molecule has 0 saturated carbocycles. The molecule has 0 unspecified atom stereocenters. The smallest absolute Gasteiger partial charge is 0.125 e. The quantitative estimate of drug-likeness (QED) is 0.583. The lowest BCUT2D eigenvalue weighted by atomic mass is 10.1. The summed E-state index contributed by atoms with van der Waals surface area (Å²) in [6, 6.07) is 5.62. The molecule has 1 aromatic rings. The first-order valence-electron chi connectivity index (χ1n) is 3.74. The minimum Gasteiger partial charge on any atom is -0.328 e. The Kier molecular flexibility index (Phi) is 1.85. The maximum Gasteiger partial charge on any atom is 0.125 e. The van der Waals surface area contributed by atoms with Gasteiger partial charge in [0.2, 0.25) is 0 Å².